The van der Waals surface area contributed by atoms with Gasteiger partial charge in [-0.25, -0.2) is 0 Å². The molecule has 0 aromatic heterocycles. The van der Waals surface area contributed by atoms with E-state index < -0.39 is 0 Å². The second-order valence-corrected chi connectivity index (χ2v) is 4.75. The van der Waals surface area contributed by atoms with E-state index in [9.17, 15) is 0 Å². The van der Waals surface area contributed by atoms with Gasteiger partial charge in [0, 0.05) is 7.11 Å². The molecule has 1 nitrogen and oxygen atoms in total. The van der Waals surface area contributed by atoms with Gasteiger partial charge in [-0.05, 0) is 38.0 Å². The first-order valence-corrected chi connectivity index (χ1v) is 5.12. The van der Waals surface area contributed by atoms with E-state index in [0.29, 0.717) is 0 Å². The van der Waals surface area contributed by atoms with Crippen molar-refractivity contribution >= 4 is 0 Å². The van der Waals surface area contributed by atoms with Gasteiger partial charge in [-0.3, -0.25) is 0 Å². The van der Waals surface area contributed by atoms with Gasteiger partial charge in [0.05, 0.1) is 5.60 Å². The summed E-state index contributed by atoms with van der Waals surface area (Å²) in [6.07, 6.45) is 5.23. The highest BCUT2D eigenvalue weighted by atomic mass is 16.5. The number of methoxy groups -OCH3 is 1. The largest absolute Gasteiger partial charge is 0.379 e. The molecule has 1 fully saturated rings. The van der Waals surface area contributed by atoms with Gasteiger partial charge >= 0.3 is 0 Å². The number of hydrogen-bond donors (Lipinski definition) is 0. The normalized spacial score (nSPS) is 37.2. The van der Waals surface area contributed by atoms with Gasteiger partial charge in [-0.15, -0.1) is 0 Å². The van der Waals surface area contributed by atoms with Gasteiger partial charge in [0.1, 0.15) is 0 Å². The zero-order valence-corrected chi connectivity index (χ0v) is 8.89. The minimum atomic E-state index is 0.174. The van der Waals surface area contributed by atoms with Crippen molar-refractivity contribution in [1.82, 2.24) is 0 Å². The molecule has 1 heteroatoms. The fraction of sp³-hybridized carbons (Fsp3) is 1.00. The van der Waals surface area contributed by atoms with Crippen LogP contribution in [0.4, 0.5) is 0 Å². The van der Waals surface area contributed by atoms with Crippen LogP contribution < -0.4 is 0 Å². The van der Waals surface area contributed by atoms with Crippen molar-refractivity contribution in [3.05, 3.63) is 0 Å². The third-order valence-electron chi connectivity index (χ3n) is 3.41. The first-order chi connectivity index (χ1) is 5.57. The predicted octanol–water partition coefficient (Wildman–Crippen LogP) is 3.24. The molecule has 1 aliphatic rings. The zero-order chi connectivity index (χ0) is 9.19. The molecule has 0 bridgehead atoms. The summed E-state index contributed by atoms with van der Waals surface area (Å²) in [5.41, 5.74) is 0.174. The van der Waals surface area contributed by atoms with Gasteiger partial charge < -0.3 is 4.74 Å². The summed E-state index contributed by atoms with van der Waals surface area (Å²) in [6, 6.07) is 0. The Labute approximate surface area is 76.5 Å². The lowest BCUT2D eigenvalue weighted by atomic mass is 9.74. The third kappa shape index (κ3) is 2.22. The van der Waals surface area contributed by atoms with Crippen molar-refractivity contribution in [2.24, 2.45) is 11.8 Å². The van der Waals surface area contributed by atoms with Gasteiger partial charge in [-0.1, -0.05) is 20.3 Å². The molecule has 0 amide bonds. The lowest BCUT2D eigenvalue weighted by Gasteiger charge is -2.38. The molecule has 0 N–H and O–H groups in total. The maximum atomic E-state index is 5.56. The van der Waals surface area contributed by atoms with Crippen LogP contribution in [0.3, 0.4) is 0 Å². The average Bonchev–Trinajstić information content (AvgIpc) is 2.05. The van der Waals surface area contributed by atoms with Crippen LogP contribution in [-0.4, -0.2) is 12.7 Å². The molecule has 0 aromatic carbocycles. The Hall–Kier alpha value is -0.0400. The van der Waals surface area contributed by atoms with Crippen molar-refractivity contribution in [2.75, 3.05) is 7.11 Å². The fourth-order valence-electron chi connectivity index (χ4n) is 2.25. The molecule has 1 aliphatic carbocycles. The summed E-state index contributed by atoms with van der Waals surface area (Å²) >= 11 is 0. The lowest BCUT2D eigenvalue weighted by molar-refractivity contribution is -0.0461. The van der Waals surface area contributed by atoms with E-state index in [0.717, 1.165) is 11.8 Å². The fourth-order valence-corrected chi connectivity index (χ4v) is 2.25. The van der Waals surface area contributed by atoms with Crippen molar-refractivity contribution in [2.45, 2.75) is 52.1 Å². The molecule has 0 spiro atoms. The van der Waals surface area contributed by atoms with Crippen LogP contribution in [0.1, 0.15) is 46.5 Å². The summed E-state index contributed by atoms with van der Waals surface area (Å²) in [6.45, 7) is 6.90. The molecule has 2 atom stereocenters. The number of rotatable bonds is 2. The maximum absolute atomic E-state index is 5.56. The van der Waals surface area contributed by atoms with Crippen molar-refractivity contribution in [3.8, 4) is 0 Å². The van der Waals surface area contributed by atoms with Gasteiger partial charge in [0.25, 0.3) is 0 Å². The molecule has 0 heterocycles. The molecule has 0 aliphatic heterocycles. The van der Waals surface area contributed by atoms with Gasteiger partial charge in [0.2, 0.25) is 0 Å². The molecule has 12 heavy (non-hydrogen) atoms. The van der Waals surface area contributed by atoms with Crippen LogP contribution in [0.15, 0.2) is 0 Å². The maximum Gasteiger partial charge on any atom is 0.0653 e. The Morgan fingerprint density at radius 2 is 2.08 bits per heavy atom. The van der Waals surface area contributed by atoms with Crippen LogP contribution in [0.2, 0.25) is 0 Å². The number of hydrogen-bond acceptors (Lipinski definition) is 1. The summed E-state index contributed by atoms with van der Waals surface area (Å²) in [5, 5.41) is 0. The zero-order valence-electron chi connectivity index (χ0n) is 8.89. The molecular formula is C11H22O. The monoisotopic (exact) mass is 170 g/mol. The third-order valence-corrected chi connectivity index (χ3v) is 3.41. The number of ether oxygens (including phenoxy) is 1. The van der Waals surface area contributed by atoms with Crippen molar-refractivity contribution in [1.29, 1.82) is 0 Å². The Bertz CT molecular complexity index is 142. The SMILES string of the molecule is CO[C@]1(C)CCC[C@H](C(C)C)C1. The quantitative estimate of drug-likeness (QED) is 0.618. The molecule has 0 unspecified atom stereocenters. The van der Waals surface area contributed by atoms with Crippen LogP contribution in [-0.2, 0) is 4.74 Å². The van der Waals surface area contributed by atoms with Gasteiger partial charge in [0.15, 0.2) is 0 Å². The van der Waals surface area contributed by atoms with Crippen LogP contribution in [0.25, 0.3) is 0 Å². The highest BCUT2D eigenvalue weighted by Crippen LogP contribution is 2.37. The Morgan fingerprint density at radius 3 is 2.58 bits per heavy atom. The predicted molar refractivity (Wildman–Crippen MR) is 52.2 cm³/mol. The van der Waals surface area contributed by atoms with E-state index in [4.69, 9.17) is 4.74 Å². The topological polar surface area (TPSA) is 9.23 Å². The van der Waals surface area contributed by atoms with Crippen molar-refractivity contribution < 1.29 is 4.74 Å². The summed E-state index contributed by atoms with van der Waals surface area (Å²) in [7, 11) is 1.85. The van der Waals surface area contributed by atoms with Crippen LogP contribution in [0.5, 0.6) is 0 Å². The van der Waals surface area contributed by atoms with E-state index in [1.807, 2.05) is 7.11 Å². The molecule has 72 valence electrons. The Morgan fingerprint density at radius 1 is 1.42 bits per heavy atom. The van der Waals surface area contributed by atoms with Gasteiger partial charge in [-0.2, -0.15) is 0 Å². The Kier molecular flexibility index (Phi) is 3.16. The summed E-state index contributed by atoms with van der Waals surface area (Å²) in [4.78, 5) is 0. The highest BCUT2D eigenvalue weighted by Gasteiger charge is 2.32. The van der Waals surface area contributed by atoms with Crippen LogP contribution >= 0.6 is 0 Å². The molecular weight excluding hydrogens is 148 g/mol. The Balaban J connectivity index is 2.51. The standard InChI is InChI=1S/C11H22O/c1-9(2)10-6-5-7-11(3,8-10)12-4/h9-10H,5-8H2,1-4H3/t10-,11+/m0/s1. The smallest absolute Gasteiger partial charge is 0.0653 e. The van der Waals surface area contributed by atoms with E-state index >= 15 is 0 Å². The van der Waals surface area contributed by atoms with E-state index in [1.165, 1.54) is 25.7 Å². The van der Waals surface area contributed by atoms with E-state index in [1.54, 1.807) is 0 Å². The summed E-state index contributed by atoms with van der Waals surface area (Å²) < 4.78 is 5.56. The van der Waals surface area contributed by atoms with E-state index in [2.05, 4.69) is 20.8 Å². The average molecular weight is 170 g/mol. The first-order valence-electron chi connectivity index (χ1n) is 5.12. The molecule has 1 rings (SSSR count). The second kappa shape index (κ2) is 3.78. The molecule has 0 saturated heterocycles. The van der Waals surface area contributed by atoms with E-state index in [-0.39, 0.29) is 5.60 Å². The second-order valence-electron chi connectivity index (χ2n) is 4.75. The molecule has 0 radical (unpaired) electrons. The molecule has 0 aromatic rings. The van der Waals surface area contributed by atoms with Crippen LogP contribution in [0, 0.1) is 11.8 Å². The minimum absolute atomic E-state index is 0.174. The highest BCUT2D eigenvalue weighted by molar-refractivity contribution is 4.84. The molecule has 1 saturated carbocycles. The van der Waals surface area contributed by atoms with Crippen molar-refractivity contribution in [3.63, 3.8) is 0 Å². The first kappa shape index (κ1) is 10.0. The minimum Gasteiger partial charge on any atom is -0.379 e. The summed E-state index contributed by atoms with van der Waals surface area (Å²) in [5.74, 6) is 1.70. The lowest BCUT2D eigenvalue weighted by Crippen LogP contribution is -2.35.